The highest BCUT2D eigenvalue weighted by Gasteiger charge is 2.25. The number of hydrogen-bond acceptors (Lipinski definition) is 2. The Labute approximate surface area is 75.2 Å². The van der Waals surface area contributed by atoms with Crippen molar-refractivity contribution in [1.29, 1.82) is 0 Å². The topological polar surface area (TPSA) is 18.5 Å². The molecule has 12 heavy (non-hydrogen) atoms. The third-order valence-electron chi connectivity index (χ3n) is 2.39. The summed E-state index contributed by atoms with van der Waals surface area (Å²) in [5.41, 5.74) is 0. The second-order valence-corrected chi connectivity index (χ2v) is 3.78. The molecule has 1 rings (SSSR count). The number of ether oxygens (including phenoxy) is 2. The summed E-state index contributed by atoms with van der Waals surface area (Å²) in [6.45, 7) is 4.17. The Bertz CT molecular complexity index is 123. The van der Waals surface area contributed by atoms with Gasteiger partial charge in [0.25, 0.3) is 0 Å². The van der Waals surface area contributed by atoms with E-state index in [-0.39, 0.29) is 0 Å². The summed E-state index contributed by atoms with van der Waals surface area (Å²) in [4.78, 5) is 0. The molecule has 0 bridgehead atoms. The third kappa shape index (κ3) is 2.76. The largest absolute Gasteiger partial charge is 0.379 e. The average molecular weight is 172 g/mol. The quantitative estimate of drug-likeness (QED) is 0.650. The van der Waals surface area contributed by atoms with E-state index in [4.69, 9.17) is 9.47 Å². The highest BCUT2D eigenvalue weighted by molar-refractivity contribution is 4.76. The van der Waals surface area contributed by atoms with Crippen LogP contribution in [0.1, 0.15) is 39.5 Å². The first-order chi connectivity index (χ1) is 5.74. The summed E-state index contributed by atoms with van der Waals surface area (Å²) in [7, 11) is 1.78. The maximum Gasteiger partial charge on any atom is 0.0840 e. The minimum absolute atomic E-state index is 0.325. The van der Waals surface area contributed by atoms with E-state index in [0.29, 0.717) is 18.3 Å². The summed E-state index contributed by atoms with van der Waals surface area (Å²) in [6.07, 6.45) is 5.90. The summed E-state index contributed by atoms with van der Waals surface area (Å²) in [6, 6.07) is 0. The molecular formula is C10H20O2. The van der Waals surface area contributed by atoms with Gasteiger partial charge < -0.3 is 9.47 Å². The average Bonchev–Trinajstić information content (AvgIpc) is 2.04. The minimum Gasteiger partial charge on any atom is -0.379 e. The Morgan fingerprint density at radius 2 is 1.67 bits per heavy atom. The van der Waals surface area contributed by atoms with Gasteiger partial charge in [0.05, 0.1) is 18.3 Å². The Morgan fingerprint density at radius 3 is 2.17 bits per heavy atom. The fourth-order valence-corrected chi connectivity index (χ4v) is 1.84. The van der Waals surface area contributed by atoms with Gasteiger partial charge in [-0.1, -0.05) is 12.8 Å². The lowest BCUT2D eigenvalue weighted by Gasteiger charge is -2.31. The SMILES string of the molecule is CO[C@H]1CCCC[C@@H]1OC(C)C. The maximum absolute atomic E-state index is 5.77. The summed E-state index contributed by atoms with van der Waals surface area (Å²) < 4.78 is 11.1. The predicted octanol–water partition coefficient (Wildman–Crippen LogP) is 2.37. The molecule has 1 aliphatic carbocycles. The zero-order chi connectivity index (χ0) is 8.97. The van der Waals surface area contributed by atoms with Crippen molar-refractivity contribution in [2.24, 2.45) is 0 Å². The Hall–Kier alpha value is -0.0800. The van der Waals surface area contributed by atoms with Crippen molar-refractivity contribution in [2.75, 3.05) is 7.11 Å². The molecule has 2 heteroatoms. The second kappa shape index (κ2) is 4.83. The molecule has 0 N–H and O–H groups in total. The van der Waals surface area contributed by atoms with Crippen LogP contribution in [-0.4, -0.2) is 25.4 Å². The van der Waals surface area contributed by atoms with E-state index in [1.54, 1.807) is 7.11 Å². The first-order valence-electron chi connectivity index (χ1n) is 4.92. The summed E-state index contributed by atoms with van der Waals surface area (Å²) in [5.74, 6) is 0. The molecule has 72 valence electrons. The van der Waals surface area contributed by atoms with Crippen molar-refractivity contribution in [3.8, 4) is 0 Å². The third-order valence-corrected chi connectivity index (χ3v) is 2.39. The Morgan fingerprint density at radius 1 is 1.08 bits per heavy atom. The fourth-order valence-electron chi connectivity index (χ4n) is 1.84. The first-order valence-corrected chi connectivity index (χ1v) is 4.92. The van der Waals surface area contributed by atoms with Crippen molar-refractivity contribution in [3.05, 3.63) is 0 Å². The van der Waals surface area contributed by atoms with E-state index in [0.717, 1.165) is 12.8 Å². The normalized spacial score (nSPS) is 31.0. The van der Waals surface area contributed by atoms with Crippen LogP contribution >= 0.6 is 0 Å². The molecule has 2 atom stereocenters. The molecular weight excluding hydrogens is 152 g/mol. The van der Waals surface area contributed by atoms with E-state index in [2.05, 4.69) is 13.8 Å². The summed E-state index contributed by atoms with van der Waals surface area (Å²) >= 11 is 0. The number of hydrogen-bond donors (Lipinski definition) is 0. The van der Waals surface area contributed by atoms with Crippen LogP contribution in [0.3, 0.4) is 0 Å². The molecule has 0 aliphatic heterocycles. The van der Waals surface area contributed by atoms with Crippen LogP contribution in [0.25, 0.3) is 0 Å². The Balaban J connectivity index is 2.36. The van der Waals surface area contributed by atoms with E-state index in [9.17, 15) is 0 Å². The van der Waals surface area contributed by atoms with Crippen LogP contribution in [0.2, 0.25) is 0 Å². The molecule has 0 aromatic rings. The van der Waals surface area contributed by atoms with Crippen molar-refractivity contribution in [1.82, 2.24) is 0 Å². The lowest BCUT2D eigenvalue weighted by Crippen LogP contribution is -2.35. The maximum atomic E-state index is 5.77. The highest BCUT2D eigenvalue weighted by atomic mass is 16.5. The van der Waals surface area contributed by atoms with Crippen LogP contribution in [0.5, 0.6) is 0 Å². The lowest BCUT2D eigenvalue weighted by molar-refractivity contribution is -0.0973. The van der Waals surface area contributed by atoms with Crippen molar-refractivity contribution < 1.29 is 9.47 Å². The number of rotatable bonds is 3. The van der Waals surface area contributed by atoms with Crippen LogP contribution < -0.4 is 0 Å². The van der Waals surface area contributed by atoms with Gasteiger partial charge in [0.1, 0.15) is 0 Å². The van der Waals surface area contributed by atoms with Crippen LogP contribution in [-0.2, 0) is 9.47 Å². The van der Waals surface area contributed by atoms with Crippen LogP contribution in [0, 0.1) is 0 Å². The smallest absolute Gasteiger partial charge is 0.0840 e. The molecule has 0 amide bonds. The van der Waals surface area contributed by atoms with E-state index >= 15 is 0 Å². The van der Waals surface area contributed by atoms with Gasteiger partial charge in [0.15, 0.2) is 0 Å². The first kappa shape index (κ1) is 10.0. The van der Waals surface area contributed by atoms with Gasteiger partial charge in [-0.2, -0.15) is 0 Å². The molecule has 0 radical (unpaired) electrons. The van der Waals surface area contributed by atoms with Crippen molar-refractivity contribution in [2.45, 2.75) is 57.8 Å². The van der Waals surface area contributed by atoms with Gasteiger partial charge in [0, 0.05) is 7.11 Å². The van der Waals surface area contributed by atoms with Gasteiger partial charge in [-0.15, -0.1) is 0 Å². The highest BCUT2D eigenvalue weighted by Crippen LogP contribution is 2.24. The molecule has 0 heterocycles. The van der Waals surface area contributed by atoms with Gasteiger partial charge in [-0.05, 0) is 26.7 Å². The van der Waals surface area contributed by atoms with Gasteiger partial charge in [0.2, 0.25) is 0 Å². The predicted molar refractivity (Wildman–Crippen MR) is 49.3 cm³/mol. The zero-order valence-corrected chi connectivity index (χ0v) is 8.38. The molecule has 0 aromatic carbocycles. The lowest BCUT2D eigenvalue weighted by atomic mass is 9.94. The Kier molecular flexibility index (Phi) is 4.02. The van der Waals surface area contributed by atoms with Crippen LogP contribution in [0.15, 0.2) is 0 Å². The van der Waals surface area contributed by atoms with Gasteiger partial charge in [-0.25, -0.2) is 0 Å². The zero-order valence-electron chi connectivity index (χ0n) is 8.38. The standard InChI is InChI=1S/C10H20O2/c1-8(2)12-10-7-5-4-6-9(10)11-3/h8-10H,4-7H2,1-3H3/t9-,10-/m0/s1. The van der Waals surface area contributed by atoms with Crippen molar-refractivity contribution in [3.63, 3.8) is 0 Å². The van der Waals surface area contributed by atoms with E-state index < -0.39 is 0 Å². The molecule has 0 aromatic heterocycles. The minimum atomic E-state index is 0.325. The molecule has 1 fully saturated rings. The molecule has 1 saturated carbocycles. The molecule has 0 unspecified atom stereocenters. The molecule has 1 aliphatic rings. The molecule has 2 nitrogen and oxygen atoms in total. The van der Waals surface area contributed by atoms with Crippen LogP contribution in [0.4, 0.5) is 0 Å². The van der Waals surface area contributed by atoms with Crippen molar-refractivity contribution >= 4 is 0 Å². The summed E-state index contributed by atoms with van der Waals surface area (Å²) in [5, 5.41) is 0. The van der Waals surface area contributed by atoms with E-state index in [1.807, 2.05) is 0 Å². The molecule has 0 spiro atoms. The van der Waals surface area contributed by atoms with E-state index in [1.165, 1.54) is 12.8 Å². The number of methoxy groups -OCH3 is 1. The fraction of sp³-hybridized carbons (Fsp3) is 1.00. The monoisotopic (exact) mass is 172 g/mol. The molecule has 0 saturated heterocycles. The van der Waals surface area contributed by atoms with Gasteiger partial charge in [-0.3, -0.25) is 0 Å². The second-order valence-electron chi connectivity index (χ2n) is 3.78. The van der Waals surface area contributed by atoms with Gasteiger partial charge >= 0.3 is 0 Å².